The summed E-state index contributed by atoms with van der Waals surface area (Å²) in [5.74, 6) is -0.291. The topological polar surface area (TPSA) is 74.6 Å². The second-order valence-corrected chi connectivity index (χ2v) is 4.54. The van der Waals surface area contributed by atoms with Crippen molar-refractivity contribution in [3.63, 3.8) is 0 Å². The van der Waals surface area contributed by atoms with Gasteiger partial charge in [0.1, 0.15) is 11.6 Å². The minimum absolute atomic E-state index is 0.114. The molecule has 0 aliphatic rings. The molecule has 116 valence electrons. The Hall–Kier alpha value is -2.83. The Morgan fingerprint density at radius 1 is 1.27 bits per heavy atom. The highest BCUT2D eigenvalue weighted by Gasteiger charge is 2.15. The van der Waals surface area contributed by atoms with E-state index in [9.17, 15) is 14.0 Å². The van der Waals surface area contributed by atoms with Crippen LogP contribution in [0, 0.1) is 5.82 Å². The van der Waals surface area contributed by atoms with Crippen LogP contribution in [0.1, 0.15) is 5.76 Å². The lowest BCUT2D eigenvalue weighted by molar-refractivity contribution is -0.118. The van der Waals surface area contributed by atoms with Crippen LogP contribution < -0.4 is 15.5 Å². The SMILES string of the molecule is CNC(=O)NC(=O)CN(Cc1ccco1)c1cccc(F)c1. The van der Waals surface area contributed by atoms with E-state index in [1.807, 2.05) is 0 Å². The molecule has 0 radical (unpaired) electrons. The van der Waals surface area contributed by atoms with Gasteiger partial charge >= 0.3 is 6.03 Å². The summed E-state index contributed by atoms with van der Waals surface area (Å²) in [5.41, 5.74) is 0.517. The lowest BCUT2D eigenvalue weighted by atomic mass is 10.2. The van der Waals surface area contributed by atoms with Crippen molar-refractivity contribution in [2.45, 2.75) is 6.54 Å². The van der Waals surface area contributed by atoms with Crippen LogP contribution in [-0.2, 0) is 11.3 Å². The smallest absolute Gasteiger partial charge is 0.321 e. The molecule has 0 unspecified atom stereocenters. The maximum Gasteiger partial charge on any atom is 0.321 e. The molecule has 6 nitrogen and oxygen atoms in total. The molecule has 0 aliphatic carbocycles. The second-order valence-electron chi connectivity index (χ2n) is 4.54. The van der Waals surface area contributed by atoms with Crippen LogP contribution in [-0.4, -0.2) is 25.5 Å². The third-order valence-corrected chi connectivity index (χ3v) is 2.91. The molecule has 2 N–H and O–H groups in total. The van der Waals surface area contributed by atoms with Crippen molar-refractivity contribution in [1.29, 1.82) is 0 Å². The number of anilines is 1. The fourth-order valence-corrected chi connectivity index (χ4v) is 1.90. The molecule has 2 rings (SSSR count). The molecule has 1 aromatic carbocycles. The average molecular weight is 305 g/mol. The number of imide groups is 1. The Morgan fingerprint density at radius 2 is 2.09 bits per heavy atom. The van der Waals surface area contributed by atoms with Crippen LogP contribution in [0.4, 0.5) is 14.9 Å². The maximum atomic E-state index is 13.4. The number of hydrogen-bond donors (Lipinski definition) is 2. The zero-order valence-electron chi connectivity index (χ0n) is 12.0. The van der Waals surface area contributed by atoms with Crippen molar-refractivity contribution in [2.24, 2.45) is 0 Å². The Morgan fingerprint density at radius 3 is 2.73 bits per heavy atom. The van der Waals surface area contributed by atoms with Crippen molar-refractivity contribution < 1.29 is 18.4 Å². The highest BCUT2D eigenvalue weighted by Crippen LogP contribution is 2.18. The summed E-state index contributed by atoms with van der Waals surface area (Å²) in [6.45, 7) is 0.162. The van der Waals surface area contributed by atoms with E-state index in [4.69, 9.17) is 4.42 Å². The number of carbonyl (C=O) groups is 2. The van der Waals surface area contributed by atoms with Crippen LogP contribution in [0.15, 0.2) is 47.1 Å². The summed E-state index contributed by atoms with van der Waals surface area (Å²) < 4.78 is 18.6. The highest BCUT2D eigenvalue weighted by atomic mass is 19.1. The molecule has 0 spiro atoms. The van der Waals surface area contributed by atoms with Crippen molar-refractivity contribution in [3.05, 3.63) is 54.2 Å². The van der Waals surface area contributed by atoms with Gasteiger partial charge in [0.05, 0.1) is 19.4 Å². The molecule has 0 bridgehead atoms. The molecule has 3 amide bonds. The number of amides is 3. The van der Waals surface area contributed by atoms with Gasteiger partial charge in [0.15, 0.2) is 0 Å². The predicted molar refractivity (Wildman–Crippen MR) is 78.8 cm³/mol. The molecule has 1 aromatic heterocycles. The van der Waals surface area contributed by atoms with Crippen molar-refractivity contribution in [3.8, 4) is 0 Å². The molecule has 7 heteroatoms. The molecule has 0 atom stereocenters. The van der Waals surface area contributed by atoms with Gasteiger partial charge in [0.2, 0.25) is 5.91 Å². The van der Waals surface area contributed by atoms with E-state index in [-0.39, 0.29) is 13.1 Å². The third-order valence-electron chi connectivity index (χ3n) is 2.91. The van der Waals surface area contributed by atoms with Gasteiger partial charge in [0.25, 0.3) is 0 Å². The van der Waals surface area contributed by atoms with Gasteiger partial charge in [-0.2, -0.15) is 0 Å². The number of nitrogens with one attached hydrogen (secondary N) is 2. The van der Waals surface area contributed by atoms with Crippen molar-refractivity contribution in [2.75, 3.05) is 18.5 Å². The van der Waals surface area contributed by atoms with Gasteiger partial charge < -0.3 is 14.6 Å². The van der Waals surface area contributed by atoms with E-state index in [1.165, 1.54) is 25.4 Å². The first-order valence-corrected chi connectivity index (χ1v) is 6.63. The lowest BCUT2D eigenvalue weighted by Crippen LogP contribution is -2.43. The highest BCUT2D eigenvalue weighted by molar-refractivity contribution is 5.96. The van der Waals surface area contributed by atoms with Gasteiger partial charge in [-0.25, -0.2) is 9.18 Å². The van der Waals surface area contributed by atoms with Gasteiger partial charge in [-0.15, -0.1) is 0 Å². The number of benzene rings is 1. The molecule has 0 fully saturated rings. The summed E-state index contributed by atoms with van der Waals surface area (Å²) in [6, 6.07) is 8.75. The summed E-state index contributed by atoms with van der Waals surface area (Å²) in [5, 5.41) is 4.46. The quantitative estimate of drug-likeness (QED) is 0.884. The summed E-state index contributed by atoms with van der Waals surface area (Å²) >= 11 is 0. The molecule has 0 aliphatic heterocycles. The second kappa shape index (κ2) is 7.26. The summed E-state index contributed by atoms with van der Waals surface area (Å²) in [6.07, 6.45) is 1.52. The zero-order chi connectivity index (χ0) is 15.9. The third kappa shape index (κ3) is 4.34. The minimum atomic E-state index is -0.595. The monoisotopic (exact) mass is 305 g/mol. The fourth-order valence-electron chi connectivity index (χ4n) is 1.90. The first-order valence-electron chi connectivity index (χ1n) is 6.63. The van der Waals surface area contributed by atoms with Crippen molar-refractivity contribution >= 4 is 17.6 Å². The number of urea groups is 1. The van der Waals surface area contributed by atoms with E-state index in [1.54, 1.807) is 29.2 Å². The number of hydrogen-bond acceptors (Lipinski definition) is 4. The molecule has 2 aromatic rings. The number of furan rings is 1. The summed E-state index contributed by atoms with van der Waals surface area (Å²) in [4.78, 5) is 24.7. The molecule has 0 saturated carbocycles. The minimum Gasteiger partial charge on any atom is -0.467 e. The van der Waals surface area contributed by atoms with E-state index < -0.39 is 17.8 Å². The Bertz CT molecular complexity index is 643. The van der Waals surface area contributed by atoms with E-state index in [0.29, 0.717) is 11.4 Å². The standard InChI is InChI=1S/C15H16FN3O3/c1-17-15(21)18-14(20)10-19(9-13-6-3-7-22-13)12-5-2-4-11(16)8-12/h2-8H,9-10H2,1H3,(H2,17,18,20,21). The zero-order valence-corrected chi connectivity index (χ0v) is 12.0. The number of nitrogens with zero attached hydrogens (tertiary/aromatic N) is 1. The number of carbonyl (C=O) groups excluding carboxylic acids is 2. The maximum absolute atomic E-state index is 13.4. The van der Waals surface area contributed by atoms with Crippen LogP contribution in [0.25, 0.3) is 0 Å². The first-order chi connectivity index (χ1) is 10.6. The van der Waals surface area contributed by atoms with Crippen molar-refractivity contribution in [1.82, 2.24) is 10.6 Å². The van der Waals surface area contributed by atoms with E-state index in [2.05, 4.69) is 10.6 Å². The normalized spacial score (nSPS) is 10.1. The Labute approximate surface area is 126 Å². The van der Waals surface area contributed by atoms with Crippen LogP contribution in [0.3, 0.4) is 0 Å². The van der Waals surface area contributed by atoms with Gasteiger partial charge in [-0.1, -0.05) is 6.07 Å². The van der Waals surface area contributed by atoms with E-state index in [0.717, 1.165) is 0 Å². The molecule has 1 heterocycles. The molecular weight excluding hydrogens is 289 g/mol. The first kappa shape index (κ1) is 15.6. The fraction of sp³-hybridized carbons (Fsp3) is 0.200. The van der Waals surface area contributed by atoms with Gasteiger partial charge in [0, 0.05) is 12.7 Å². The Balaban J connectivity index is 2.14. The molecule has 0 saturated heterocycles. The molecular formula is C15H16FN3O3. The number of rotatable bonds is 5. The van der Waals surface area contributed by atoms with Gasteiger partial charge in [-0.05, 0) is 30.3 Å². The lowest BCUT2D eigenvalue weighted by Gasteiger charge is -2.23. The summed E-state index contributed by atoms with van der Waals surface area (Å²) in [7, 11) is 1.41. The van der Waals surface area contributed by atoms with Crippen LogP contribution in [0.2, 0.25) is 0 Å². The molecule has 22 heavy (non-hydrogen) atoms. The Kier molecular flexibility index (Phi) is 5.13. The average Bonchev–Trinajstić information content (AvgIpc) is 2.99. The van der Waals surface area contributed by atoms with Crippen LogP contribution >= 0.6 is 0 Å². The number of halogens is 1. The van der Waals surface area contributed by atoms with Crippen LogP contribution in [0.5, 0.6) is 0 Å². The largest absolute Gasteiger partial charge is 0.467 e. The van der Waals surface area contributed by atoms with Gasteiger partial charge in [-0.3, -0.25) is 10.1 Å². The predicted octanol–water partition coefficient (Wildman–Crippen LogP) is 1.88. The van der Waals surface area contributed by atoms with E-state index >= 15 is 0 Å².